The minimum atomic E-state index is -0.587. The van der Waals surface area contributed by atoms with Crippen LogP contribution in [-0.4, -0.2) is 48.7 Å². The number of allylic oxidation sites excluding steroid dienone is 1. The highest BCUT2D eigenvalue weighted by Crippen LogP contribution is 2.38. The summed E-state index contributed by atoms with van der Waals surface area (Å²) in [6, 6.07) is 6.50. The molecule has 2 aromatic carbocycles. The highest BCUT2D eigenvalue weighted by atomic mass is 16.5. The SMILES string of the molecule is C=CC(=O)Cc1ccc2c3c(ccc(OC)c13)C(=O)N(CCOC(=O)C(=C)C)C2=O. The van der Waals surface area contributed by atoms with E-state index >= 15 is 0 Å². The number of benzene rings is 2. The number of carbonyl (C=O) groups excluding carboxylic acids is 4. The molecule has 1 aliphatic heterocycles. The monoisotopic (exact) mass is 407 g/mol. The maximum atomic E-state index is 13.0. The molecule has 7 nitrogen and oxygen atoms in total. The van der Waals surface area contributed by atoms with Gasteiger partial charge in [0.15, 0.2) is 5.78 Å². The van der Waals surface area contributed by atoms with Gasteiger partial charge in [-0.25, -0.2) is 4.79 Å². The lowest BCUT2D eigenvalue weighted by Gasteiger charge is -2.28. The number of esters is 1. The Bertz CT molecular complexity index is 1090. The molecule has 154 valence electrons. The van der Waals surface area contributed by atoms with E-state index in [0.29, 0.717) is 33.2 Å². The number of amides is 2. The summed E-state index contributed by atoms with van der Waals surface area (Å²) in [5.74, 6) is -1.31. The molecule has 0 fully saturated rings. The topological polar surface area (TPSA) is 90.0 Å². The second kappa shape index (κ2) is 8.32. The third-order valence-electron chi connectivity index (χ3n) is 4.87. The molecule has 0 aliphatic carbocycles. The zero-order valence-electron chi connectivity index (χ0n) is 16.8. The van der Waals surface area contributed by atoms with E-state index in [2.05, 4.69) is 13.2 Å². The second-order valence-corrected chi connectivity index (χ2v) is 6.86. The second-order valence-electron chi connectivity index (χ2n) is 6.86. The third kappa shape index (κ3) is 3.61. The quantitative estimate of drug-likeness (QED) is 0.380. The van der Waals surface area contributed by atoms with Gasteiger partial charge in [-0.3, -0.25) is 19.3 Å². The molecule has 0 bridgehead atoms. The van der Waals surface area contributed by atoms with E-state index in [1.165, 1.54) is 20.1 Å². The Morgan fingerprint density at radius 1 is 1.07 bits per heavy atom. The number of methoxy groups -OCH3 is 1. The number of imide groups is 1. The van der Waals surface area contributed by atoms with E-state index < -0.39 is 17.8 Å². The van der Waals surface area contributed by atoms with Crippen molar-refractivity contribution in [1.82, 2.24) is 4.90 Å². The van der Waals surface area contributed by atoms with Crippen molar-refractivity contribution in [3.63, 3.8) is 0 Å². The van der Waals surface area contributed by atoms with Crippen molar-refractivity contribution in [3.8, 4) is 5.75 Å². The summed E-state index contributed by atoms with van der Waals surface area (Å²) < 4.78 is 10.5. The van der Waals surface area contributed by atoms with Crippen LogP contribution in [0.2, 0.25) is 0 Å². The molecule has 30 heavy (non-hydrogen) atoms. The number of hydrogen-bond acceptors (Lipinski definition) is 6. The Kier molecular flexibility index (Phi) is 5.82. The number of hydrogen-bond donors (Lipinski definition) is 0. The minimum absolute atomic E-state index is 0.0725. The van der Waals surface area contributed by atoms with Crippen LogP contribution in [0.1, 0.15) is 33.2 Å². The molecule has 0 N–H and O–H groups in total. The number of carbonyl (C=O) groups is 4. The van der Waals surface area contributed by atoms with Crippen molar-refractivity contribution in [2.45, 2.75) is 13.3 Å². The van der Waals surface area contributed by atoms with Gasteiger partial charge in [0.2, 0.25) is 0 Å². The zero-order chi connectivity index (χ0) is 22.0. The first-order valence-electron chi connectivity index (χ1n) is 9.26. The van der Waals surface area contributed by atoms with Gasteiger partial charge in [-0.1, -0.05) is 19.2 Å². The van der Waals surface area contributed by atoms with Crippen LogP contribution in [0.3, 0.4) is 0 Å². The van der Waals surface area contributed by atoms with Gasteiger partial charge in [0.1, 0.15) is 12.4 Å². The normalized spacial score (nSPS) is 12.7. The molecular formula is C23H21NO6. The maximum absolute atomic E-state index is 13.0. The van der Waals surface area contributed by atoms with Crippen LogP contribution in [-0.2, 0) is 20.7 Å². The summed E-state index contributed by atoms with van der Waals surface area (Å²) in [4.78, 5) is 50.6. The predicted octanol–water partition coefficient (Wildman–Crippen LogP) is 2.86. The van der Waals surface area contributed by atoms with Crippen LogP contribution in [0.25, 0.3) is 10.8 Å². The fourth-order valence-electron chi connectivity index (χ4n) is 3.41. The molecule has 2 aromatic rings. The summed E-state index contributed by atoms with van der Waals surface area (Å²) in [6.07, 6.45) is 1.30. The molecule has 0 aromatic heterocycles. The largest absolute Gasteiger partial charge is 0.496 e. The molecule has 0 unspecified atom stereocenters. The van der Waals surface area contributed by atoms with Gasteiger partial charge in [0.25, 0.3) is 11.8 Å². The number of ether oxygens (including phenoxy) is 2. The van der Waals surface area contributed by atoms with E-state index in [1.807, 2.05) is 0 Å². The lowest BCUT2D eigenvalue weighted by molar-refractivity contribution is -0.139. The lowest BCUT2D eigenvalue weighted by Crippen LogP contribution is -2.42. The Hall–Kier alpha value is -3.74. The van der Waals surface area contributed by atoms with Crippen molar-refractivity contribution in [3.05, 3.63) is 65.8 Å². The molecule has 3 rings (SSSR count). The first-order valence-corrected chi connectivity index (χ1v) is 9.26. The highest BCUT2D eigenvalue weighted by Gasteiger charge is 2.34. The summed E-state index contributed by atoms with van der Waals surface area (Å²) >= 11 is 0. The minimum Gasteiger partial charge on any atom is -0.496 e. The molecule has 0 saturated heterocycles. The average Bonchev–Trinajstić information content (AvgIpc) is 2.74. The van der Waals surface area contributed by atoms with Crippen LogP contribution in [0, 0.1) is 0 Å². The van der Waals surface area contributed by atoms with Gasteiger partial charge >= 0.3 is 5.97 Å². The van der Waals surface area contributed by atoms with Gasteiger partial charge < -0.3 is 9.47 Å². The first kappa shape index (κ1) is 21.0. The third-order valence-corrected chi connectivity index (χ3v) is 4.87. The van der Waals surface area contributed by atoms with E-state index in [0.717, 1.165) is 4.90 Å². The van der Waals surface area contributed by atoms with Gasteiger partial charge in [-0.15, -0.1) is 0 Å². The Morgan fingerprint density at radius 2 is 1.70 bits per heavy atom. The fraction of sp³-hybridized carbons (Fsp3) is 0.217. The van der Waals surface area contributed by atoms with Crippen LogP contribution < -0.4 is 4.74 Å². The number of ketones is 1. The van der Waals surface area contributed by atoms with E-state index in [1.54, 1.807) is 24.3 Å². The Labute approximate surface area is 173 Å². The summed E-state index contributed by atoms with van der Waals surface area (Å²) in [6.45, 7) is 8.28. The number of rotatable bonds is 8. The van der Waals surface area contributed by atoms with Crippen LogP contribution >= 0.6 is 0 Å². The van der Waals surface area contributed by atoms with E-state index in [4.69, 9.17) is 9.47 Å². The van der Waals surface area contributed by atoms with E-state index in [9.17, 15) is 19.2 Å². The van der Waals surface area contributed by atoms with Crippen LogP contribution in [0.5, 0.6) is 5.75 Å². The molecule has 0 saturated carbocycles. The molecule has 7 heteroatoms. The van der Waals surface area contributed by atoms with Crippen LogP contribution in [0.15, 0.2) is 49.1 Å². The van der Waals surface area contributed by atoms with Crippen molar-refractivity contribution in [2.75, 3.05) is 20.3 Å². The van der Waals surface area contributed by atoms with Crippen molar-refractivity contribution in [2.24, 2.45) is 0 Å². The Morgan fingerprint density at radius 3 is 2.27 bits per heavy atom. The van der Waals surface area contributed by atoms with Crippen molar-refractivity contribution >= 4 is 34.3 Å². The molecular weight excluding hydrogens is 386 g/mol. The highest BCUT2D eigenvalue weighted by molar-refractivity contribution is 6.26. The molecule has 1 aliphatic rings. The van der Waals surface area contributed by atoms with Gasteiger partial charge in [-0.2, -0.15) is 0 Å². The van der Waals surface area contributed by atoms with Crippen LogP contribution in [0.4, 0.5) is 0 Å². The lowest BCUT2D eigenvalue weighted by atomic mass is 9.89. The standard InChI is InChI=1S/C23H21NO6/c1-5-15(25)12-14-6-7-16-20-17(8-9-18(29-4)19(14)20)22(27)24(21(16)26)10-11-30-23(28)13(2)3/h5-9H,1-2,10-12H2,3-4H3. The van der Waals surface area contributed by atoms with Crippen molar-refractivity contribution in [1.29, 1.82) is 0 Å². The smallest absolute Gasteiger partial charge is 0.333 e. The van der Waals surface area contributed by atoms with Gasteiger partial charge in [0, 0.05) is 33.9 Å². The maximum Gasteiger partial charge on any atom is 0.333 e. The summed E-state index contributed by atoms with van der Waals surface area (Å²) in [7, 11) is 1.48. The predicted molar refractivity (Wildman–Crippen MR) is 111 cm³/mol. The van der Waals surface area contributed by atoms with Gasteiger partial charge in [0.05, 0.1) is 13.7 Å². The van der Waals surface area contributed by atoms with Crippen molar-refractivity contribution < 1.29 is 28.7 Å². The van der Waals surface area contributed by atoms with E-state index in [-0.39, 0.29) is 30.9 Å². The molecule has 2 amide bonds. The van der Waals surface area contributed by atoms with Gasteiger partial charge in [-0.05, 0) is 36.8 Å². The molecule has 0 spiro atoms. The molecule has 1 heterocycles. The summed E-state index contributed by atoms with van der Waals surface area (Å²) in [5, 5.41) is 1.01. The first-order chi connectivity index (χ1) is 14.3. The molecule has 0 atom stereocenters. The number of nitrogens with zero attached hydrogens (tertiary/aromatic N) is 1. The molecule has 0 radical (unpaired) electrons. The summed E-state index contributed by atoms with van der Waals surface area (Å²) in [5.41, 5.74) is 1.51. The fourth-order valence-corrected chi connectivity index (χ4v) is 3.41. The zero-order valence-corrected chi connectivity index (χ0v) is 16.8. The average molecular weight is 407 g/mol. The Balaban J connectivity index is 2.04.